The smallest absolute Gasteiger partial charge is 0.294 e. The van der Waals surface area contributed by atoms with Crippen LogP contribution >= 0.6 is 0 Å². The van der Waals surface area contributed by atoms with Crippen LogP contribution in [0.15, 0.2) is 48.2 Å². The zero-order valence-corrected chi connectivity index (χ0v) is 16.2. The van der Waals surface area contributed by atoms with Gasteiger partial charge in [-0.15, -0.1) is 0 Å². The lowest BCUT2D eigenvalue weighted by Crippen LogP contribution is -2.39. The van der Waals surface area contributed by atoms with E-state index in [-0.39, 0.29) is 5.91 Å². The molecular weight excluding hydrogens is 338 g/mol. The minimum Gasteiger partial charge on any atom is -0.449 e. The van der Waals surface area contributed by atoms with Crippen LogP contribution in [0, 0.1) is 0 Å². The Morgan fingerprint density at radius 1 is 1.15 bits per heavy atom. The lowest BCUT2D eigenvalue weighted by atomic mass is 10.1. The molecule has 5 heteroatoms. The maximum absolute atomic E-state index is 13.1. The molecule has 0 saturated heterocycles. The van der Waals surface area contributed by atoms with Crippen molar-refractivity contribution in [2.24, 2.45) is 0 Å². The molecule has 5 nitrogen and oxygen atoms in total. The van der Waals surface area contributed by atoms with Crippen molar-refractivity contribution in [2.75, 3.05) is 37.8 Å². The molecule has 1 heterocycles. The SMILES string of the molecule is CCc1ccc(/C=C2/Oc3ccc(N)cc3N(CCCN(C)C)C2=O)cc1. The fourth-order valence-electron chi connectivity index (χ4n) is 3.10. The first kappa shape index (κ1) is 19.0. The first-order valence-electron chi connectivity index (χ1n) is 9.32. The van der Waals surface area contributed by atoms with Crippen molar-refractivity contribution in [3.05, 3.63) is 59.4 Å². The van der Waals surface area contributed by atoms with Gasteiger partial charge in [0, 0.05) is 12.2 Å². The van der Waals surface area contributed by atoms with Gasteiger partial charge in [0.2, 0.25) is 0 Å². The highest BCUT2D eigenvalue weighted by Gasteiger charge is 2.30. The van der Waals surface area contributed by atoms with E-state index in [1.54, 1.807) is 23.1 Å². The number of ether oxygens (including phenoxy) is 1. The molecule has 3 rings (SSSR count). The number of aryl methyl sites for hydroxylation is 1. The molecule has 1 amide bonds. The zero-order chi connectivity index (χ0) is 19.4. The molecule has 0 radical (unpaired) electrons. The van der Waals surface area contributed by atoms with Crippen LogP contribution in [-0.2, 0) is 11.2 Å². The Morgan fingerprint density at radius 3 is 2.56 bits per heavy atom. The summed E-state index contributed by atoms with van der Waals surface area (Å²) in [7, 11) is 4.05. The Morgan fingerprint density at radius 2 is 1.89 bits per heavy atom. The maximum atomic E-state index is 13.1. The number of anilines is 2. The Kier molecular flexibility index (Phi) is 5.81. The van der Waals surface area contributed by atoms with Crippen LogP contribution in [0.4, 0.5) is 11.4 Å². The van der Waals surface area contributed by atoms with E-state index in [0.717, 1.165) is 30.6 Å². The highest BCUT2D eigenvalue weighted by Crippen LogP contribution is 2.37. The largest absolute Gasteiger partial charge is 0.449 e. The molecule has 0 saturated carbocycles. The van der Waals surface area contributed by atoms with Crippen LogP contribution < -0.4 is 15.4 Å². The summed E-state index contributed by atoms with van der Waals surface area (Å²) >= 11 is 0. The Balaban J connectivity index is 1.91. The van der Waals surface area contributed by atoms with Gasteiger partial charge < -0.3 is 20.3 Å². The molecule has 0 atom stereocenters. The van der Waals surface area contributed by atoms with E-state index < -0.39 is 0 Å². The van der Waals surface area contributed by atoms with Gasteiger partial charge in [-0.25, -0.2) is 0 Å². The van der Waals surface area contributed by atoms with Gasteiger partial charge in [-0.2, -0.15) is 0 Å². The Bertz CT molecular complexity index is 841. The third-order valence-electron chi connectivity index (χ3n) is 4.62. The van der Waals surface area contributed by atoms with E-state index in [4.69, 9.17) is 10.5 Å². The third-order valence-corrected chi connectivity index (χ3v) is 4.62. The van der Waals surface area contributed by atoms with E-state index in [9.17, 15) is 4.79 Å². The number of amides is 1. The van der Waals surface area contributed by atoms with Crippen molar-refractivity contribution >= 4 is 23.4 Å². The van der Waals surface area contributed by atoms with Gasteiger partial charge in [-0.3, -0.25) is 4.79 Å². The average molecular weight is 365 g/mol. The third kappa shape index (κ3) is 4.49. The highest BCUT2D eigenvalue weighted by atomic mass is 16.5. The van der Waals surface area contributed by atoms with Crippen LogP contribution in [-0.4, -0.2) is 38.0 Å². The molecule has 2 N–H and O–H groups in total. The minimum atomic E-state index is -0.133. The average Bonchev–Trinajstić information content (AvgIpc) is 2.65. The fourth-order valence-corrected chi connectivity index (χ4v) is 3.10. The number of fused-ring (bicyclic) bond motifs is 1. The summed E-state index contributed by atoms with van der Waals surface area (Å²) in [6.45, 7) is 3.64. The van der Waals surface area contributed by atoms with Crippen LogP contribution in [0.2, 0.25) is 0 Å². The predicted octanol–water partition coefficient (Wildman–Crippen LogP) is 3.55. The molecule has 0 aliphatic carbocycles. The standard InChI is InChI=1S/C22H27N3O2/c1-4-16-6-8-17(9-7-16)14-21-22(26)25(13-5-12-24(2)3)19-15-18(23)10-11-20(19)27-21/h6-11,14-15H,4-5,12-13,23H2,1-3H3/b21-14+. The van der Waals surface area contributed by atoms with Crippen LogP contribution in [0.1, 0.15) is 24.5 Å². The molecule has 27 heavy (non-hydrogen) atoms. The second-order valence-electron chi connectivity index (χ2n) is 7.05. The number of hydrogen-bond acceptors (Lipinski definition) is 4. The molecule has 142 valence electrons. The summed E-state index contributed by atoms with van der Waals surface area (Å²) in [5, 5.41) is 0. The maximum Gasteiger partial charge on any atom is 0.294 e. The second kappa shape index (κ2) is 8.27. The molecule has 0 spiro atoms. The first-order chi connectivity index (χ1) is 13.0. The van der Waals surface area contributed by atoms with E-state index in [1.165, 1.54) is 5.56 Å². The molecule has 2 aromatic carbocycles. The second-order valence-corrected chi connectivity index (χ2v) is 7.05. The zero-order valence-electron chi connectivity index (χ0n) is 16.2. The normalized spacial score (nSPS) is 15.2. The predicted molar refractivity (Wildman–Crippen MR) is 111 cm³/mol. The van der Waals surface area contributed by atoms with E-state index in [2.05, 4.69) is 24.0 Å². The number of carbonyl (C=O) groups is 1. The van der Waals surface area contributed by atoms with E-state index in [1.807, 2.05) is 32.3 Å². The minimum absolute atomic E-state index is 0.133. The van der Waals surface area contributed by atoms with Gasteiger partial charge in [-0.1, -0.05) is 31.2 Å². The lowest BCUT2D eigenvalue weighted by molar-refractivity contribution is -0.117. The summed E-state index contributed by atoms with van der Waals surface area (Å²) in [5.41, 5.74) is 9.50. The summed E-state index contributed by atoms with van der Waals surface area (Å²) < 4.78 is 5.92. The molecule has 1 aliphatic rings. The molecule has 0 fully saturated rings. The van der Waals surface area contributed by atoms with Crippen molar-refractivity contribution in [1.82, 2.24) is 4.90 Å². The molecular formula is C22H27N3O2. The van der Waals surface area contributed by atoms with Crippen molar-refractivity contribution in [1.29, 1.82) is 0 Å². The van der Waals surface area contributed by atoms with Crippen molar-refractivity contribution in [2.45, 2.75) is 19.8 Å². The monoisotopic (exact) mass is 365 g/mol. The fraction of sp³-hybridized carbons (Fsp3) is 0.318. The van der Waals surface area contributed by atoms with Gasteiger partial charge >= 0.3 is 0 Å². The Hall–Kier alpha value is -2.79. The number of nitrogen functional groups attached to an aromatic ring is 1. The summed E-state index contributed by atoms with van der Waals surface area (Å²) in [4.78, 5) is 17.0. The summed E-state index contributed by atoms with van der Waals surface area (Å²) in [6, 6.07) is 13.6. The van der Waals surface area contributed by atoms with Gasteiger partial charge in [0.05, 0.1) is 5.69 Å². The number of hydrogen-bond donors (Lipinski definition) is 1. The van der Waals surface area contributed by atoms with Gasteiger partial charge in [0.1, 0.15) is 0 Å². The number of nitrogens with two attached hydrogens (primary N) is 1. The number of nitrogens with zero attached hydrogens (tertiary/aromatic N) is 2. The van der Waals surface area contributed by atoms with Crippen molar-refractivity contribution in [3.8, 4) is 5.75 Å². The topological polar surface area (TPSA) is 58.8 Å². The van der Waals surface area contributed by atoms with Crippen molar-refractivity contribution < 1.29 is 9.53 Å². The van der Waals surface area contributed by atoms with Crippen LogP contribution in [0.3, 0.4) is 0 Å². The summed E-state index contributed by atoms with van der Waals surface area (Å²) in [6.07, 6.45) is 3.66. The van der Waals surface area contributed by atoms with E-state index >= 15 is 0 Å². The number of carbonyl (C=O) groups excluding carboxylic acids is 1. The number of benzene rings is 2. The number of rotatable bonds is 6. The van der Waals surface area contributed by atoms with Gasteiger partial charge in [-0.05, 0) is 68.9 Å². The van der Waals surface area contributed by atoms with E-state index in [0.29, 0.717) is 23.7 Å². The molecule has 1 aliphatic heterocycles. The molecule has 2 aromatic rings. The summed E-state index contributed by atoms with van der Waals surface area (Å²) in [5.74, 6) is 0.859. The Labute approximate surface area is 161 Å². The van der Waals surface area contributed by atoms with Crippen molar-refractivity contribution in [3.63, 3.8) is 0 Å². The first-order valence-corrected chi connectivity index (χ1v) is 9.32. The quantitative estimate of drug-likeness (QED) is 0.628. The van der Waals surface area contributed by atoms with Crippen LogP contribution in [0.5, 0.6) is 5.75 Å². The molecule has 0 unspecified atom stereocenters. The highest BCUT2D eigenvalue weighted by molar-refractivity contribution is 6.10. The van der Waals surface area contributed by atoms with Gasteiger partial charge in [0.15, 0.2) is 11.5 Å². The molecule has 0 aromatic heterocycles. The van der Waals surface area contributed by atoms with Crippen LogP contribution in [0.25, 0.3) is 6.08 Å². The van der Waals surface area contributed by atoms with Gasteiger partial charge in [0.25, 0.3) is 5.91 Å². The molecule has 0 bridgehead atoms. The lowest BCUT2D eigenvalue weighted by Gasteiger charge is -2.31.